The van der Waals surface area contributed by atoms with E-state index in [1.54, 1.807) is 0 Å². The topological polar surface area (TPSA) is 29.1 Å². The highest BCUT2D eigenvalue weighted by molar-refractivity contribution is 5.85. The van der Waals surface area contributed by atoms with Crippen LogP contribution in [-0.2, 0) is 23.7 Å². The van der Waals surface area contributed by atoms with Gasteiger partial charge in [0.05, 0.1) is 11.1 Å². The minimum atomic E-state index is -4.88. The molecule has 0 saturated heterocycles. The molecule has 2 nitrogen and oxygen atoms in total. The summed E-state index contributed by atoms with van der Waals surface area (Å²) in [5, 5.41) is 2.01. The summed E-state index contributed by atoms with van der Waals surface area (Å²) in [6, 6.07) is 1.15. The molecule has 1 aromatic rings. The Balaban J connectivity index is 0.00000324. The molecule has 0 atom stereocenters. The zero-order chi connectivity index (χ0) is 14.0. The quantitative estimate of drug-likeness (QED) is 0.673. The van der Waals surface area contributed by atoms with Gasteiger partial charge in [-0.2, -0.15) is 26.3 Å². The summed E-state index contributed by atoms with van der Waals surface area (Å²) in [5.41, 5.74) is -3.08. The predicted molar refractivity (Wildman–Crippen MR) is 56.6 cm³/mol. The molecule has 0 aliphatic heterocycles. The summed E-state index contributed by atoms with van der Waals surface area (Å²) < 4.78 is 74.4. The fraction of sp³-hybridized carbons (Fsp3) is 0.300. The number of nitrogens with one attached hydrogen (secondary N) is 1. The third kappa shape index (κ3) is 4.98. The lowest BCUT2D eigenvalue weighted by atomic mass is 10.0. The molecule has 0 saturated carbocycles. The van der Waals surface area contributed by atoms with E-state index in [9.17, 15) is 31.1 Å². The molecule has 0 aliphatic rings. The zero-order valence-electron chi connectivity index (χ0n) is 9.10. The molecule has 0 bridgehead atoms. The molecular formula is C10H8ClF6NO. The Morgan fingerprint density at radius 1 is 0.947 bits per heavy atom. The summed E-state index contributed by atoms with van der Waals surface area (Å²) in [5.74, 6) is 0. The van der Waals surface area contributed by atoms with Gasteiger partial charge in [-0.1, -0.05) is 0 Å². The highest BCUT2D eigenvalue weighted by Crippen LogP contribution is 2.36. The summed E-state index contributed by atoms with van der Waals surface area (Å²) in [4.78, 5) is 9.99. The van der Waals surface area contributed by atoms with E-state index >= 15 is 0 Å². The van der Waals surface area contributed by atoms with Crippen LogP contribution in [0.15, 0.2) is 18.2 Å². The van der Waals surface area contributed by atoms with Crippen molar-refractivity contribution in [1.82, 2.24) is 5.32 Å². The van der Waals surface area contributed by atoms with E-state index in [0.29, 0.717) is 12.1 Å². The molecule has 0 fully saturated rings. The van der Waals surface area contributed by atoms with E-state index in [0.717, 1.165) is 0 Å². The van der Waals surface area contributed by atoms with Crippen LogP contribution in [0.4, 0.5) is 26.3 Å². The monoisotopic (exact) mass is 307 g/mol. The molecule has 0 spiro atoms. The number of hydrogen-bond acceptors (Lipinski definition) is 1. The Morgan fingerprint density at radius 2 is 1.37 bits per heavy atom. The van der Waals surface area contributed by atoms with Crippen molar-refractivity contribution >= 4 is 18.8 Å². The lowest BCUT2D eigenvalue weighted by Gasteiger charge is -2.13. The van der Waals surface area contributed by atoms with Gasteiger partial charge in [0.1, 0.15) is 0 Å². The molecule has 1 N–H and O–H groups in total. The first-order valence-electron chi connectivity index (χ1n) is 4.60. The van der Waals surface area contributed by atoms with Crippen LogP contribution in [0.3, 0.4) is 0 Å². The normalized spacial score (nSPS) is 11.7. The van der Waals surface area contributed by atoms with Crippen LogP contribution in [0.5, 0.6) is 0 Å². The maximum absolute atomic E-state index is 12.4. The van der Waals surface area contributed by atoms with Crippen LogP contribution in [0.25, 0.3) is 0 Å². The maximum Gasteiger partial charge on any atom is 0.416 e. The molecule has 108 valence electrons. The van der Waals surface area contributed by atoms with Gasteiger partial charge in [0.2, 0.25) is 6.41 Å². The van der Waals surface area contributed by atoms with E-state index in [4.69, 9.17) is 0 Å². The van der Waals surface area contributed by atoms with Crippen LogP contribution in [0, 0.1) is 0 Å². The Labute approximate surface area is 110 Å². The van der Waals surface area contributed by atoms with Crippen molar-refractivity contribution in [1.29, 1.82) is 0 Å². The number of hydrogen-bond donors (Lipinski definition) is 1. The molecule has 0 unspecified atom stereocenters. The van der Waals surface area contributed by atoms with E-state index < -0.39 is 30.0 Å². The molecule has 0 aromatic heterocycles. The number of rotatable bonds is 3. The van der Waals surface area contributed by atoms with Crippen LogP contribution >= 0.6 is 12.4 Å². The first kappa shape index (κ1) is 17.6. The Hall–Kier alpha value is -1.44. The van der Waals surface area contributed by atoms with Crippen molar-refractivity contribution in [2.45, 2.75) is 18.9 Å². The minimum absolute atomic E-state index is 0. The largest absolute Gasteiger partial charge is 0.416 e. The van der Waals surface area contributed by atoms with Gasteiger partial charge in [0.25, 0.3) is 0 Å². The summed E-state index contributed by atoms with van der Waals surface area (Å²) >= 11 is 0. The molecule has 19 heavy (non-hydrogen) atoms. The van der Waals surface area contributed by atoms with E-state index in [-0.39, 0.29) is 30.4 Å². The first-order valence-corrected chi connectivity index (χ1v) is 4.60. The van der Waals surface area contributed by atoms with Crippen molar-refractivity contribution in [3.63, 3.8) is 0 Å². The van der Waals surface area contributed by atoms with Crippen molar-refractivity contribution in [2.24, 2.45) is 0 Å². The smallest absolute Gasteiger partial charge is 0.355 e. The molecule has 1 rings (SSSR count). The number of halogens is 7. The molecular weight excluding hydrogens is 300 g/mol. The second-order valence-electron chi connectivity index (χ2n) is 3.41. The zero-order valence-corrected chi connectivity index (χ0v) is 9.92. The average Bonchev–Trinajstić information content (AvgIpc) is 2.23. The maximum atomic E-state index is 12.4. The van der Waals surface area contributed by atoms with Gasteiger partial charge < -0.3 is 5.32 Å². The standard InChI is InChI=1S/C10H7F6NO.ClH/c11-9(12,13)7-1-6(4-17-5-18)2-8(3-7)10(14,15)16;/h1-3,5H,4H2,(H,17,18);1H. The lowest BCUT2D eigenvalue weighted by molar-refractivity contribution is -0.143. The molecule has 1 aromatic carbocycles. The van der Waals surface area contributed by atoms with Gasteiger partial charge in [0, 0.05) is 6.54 Å². The summed E-state index contributed by atoms with van der Waals surface area (Å²) in [7, 11) is 0. The highest BCUT2D eigenvalue weighted by atomic mass is 35.5. The van der Waals surface area contributed by atoms with Gasteiger partial charge in [0.15, 0.2) is 0 Å². The first-order chi connectivity index (χ1) is 8.14. The number of benzene rings is 1. The highest BCUT2D eigenvalue weighted by Gasteiger charge is 2.36. The van der Waals surface area contributed by atoms with Crippen molar-refractivity contribution in [3.8, 4) is 0 Å². The molecule has 9 heteroatoms. The third-order valence-corrected chi connectivity index (χ3v) is 2.04. The molecule has 0 heterocycles. The van der Waals surface area contributed by atoms with Crippen molar-refractivity contribution in [2.75, 3.05) is 0 Å². The number of carbonyl (C=O) groups is 1. The van der Waals surface area contributed by atoms with E-state index in [1.165, 1.54) is 0 Å². The van der Waals surface area contributed by atoms with Gasteiger partial charge in [-0.25, -0.2) is 0 Å². The number of alkyl halides is 6. The van der Waals surface area contributed by atoms with Crippen LogP contribution in [-0.4, -0.2) is 6.41 Å². The fourth-order valence-electron chi connectivity index (χ4n) is 1.28. The second kappa shape index (κ2) is 6.14. The molecule has 1 amide bonds. The third-order valence-electron chi connectivity index (χ3n) is 2.04. The Morgan fingerprint density at radius 3 is 1.68 bits per heavy atom. The Kier molecular flexibility index (Phi) is 5.67. The number of carbonyl (C=O) groups excluding carboxylic acids is 1. The summed E-state index contributed by atoms with van der Waals surface area (Å²) in [6.07, 6.45) is -9.57. The summed E-state index contributed by atoms with van der Waals surface area (Å²) in [6.45, 7) is -0.406. The van der Waals surface area contributed by atoms with E-state index in [1.807, 2.05) is 5.32 Å². The van der Waals surface area contributed by atoms with E-state index in [2.05, 4.69) is 0 Å². The minimum Gasteiger partial charge on any atom is -0.355 e. The molecule has 0 aliphatic carbocycles. The Bertz CT molecular complexity index is 410. The second-order valence-corrected chi connectivity index (χ2v) is 3.41. The predicted octanol–water partition coefficient (Wildman–Crippen LogP) is 3.39. The van der Waals surface area contributed by atoms with Crippen LogP contribution in [0.2, 0.25) is 0 Å². The molecule has 0 radical (unpaired) electrons. The SMILES string of the molecule is Cl.O=CNCc1cc(C(F)(F)F)cc(C(F)(F)F)c1. The van der Waals surface area contributed by atoms with Crippen molar-refractivity contribution in [3.05, 3.63) is 34.9 Å². The fourth-order valence-corrected chi connectivity index (χ4v) is 1.28. The lowest BCUT2D eigenvalue weighted by Crippen LogP contribution is -2.15. The average molecular weight is 308 g/mol. The van der Waals surface area contributed by atoms with Gasteiger partial charge in [-0.15, -0.1) is 12.4 Å². The van der Waals surface area contributed by atoms with Crippen LogP contribution < -0.4 is 5.32 Å². The number of amides is 1. The van der Waals surface area contributed by atoms with Crippen LogP contribution in [0.1, 0.15) is 16.7 Å². The van der Waals surface area contributed by atoms with Gasteiger partial charge in [-0.3, -0.25) is 4.79 Å². The van der Waals surface area contributed by atoms with Crippen molar-refractivity contribution < 1.29 is 31.1 Å². The van der Waals surface area contributed by atoms with Gasteiger partial charge in [-0.05, 0) is 23.8 Å². The van der Waals surface area contributed by atoms with Gasteiger partial charge >= 0.3 is 12.4 Å².